The predicted octanol–water partition coefficient (Wildman–Crippen LogP) is 4.73. The van der Waals surface area contributed by atoms with Gasteiger partial charge in [0, 0.05) is 12.5 Å². The van der Waals surface area contributed by atoms with Crippen molar-refractivity contribution in [1.29, 1.82) is 0 Å². The van der Waals surface area contributed by atoms with Crippen molar-refractivity contribution < 1.29 is 39.5 Å². The standard InChI is InChI=1S/C15H7F8N3O2/c1-13(16,17)10-11(15(21,22)23)25-7(4-24-10)5-2-3-6(14(18,19)20)8-9(5)28-12(27)26-8/h2-4H,1H3,(H,26,27). The maximum atomic E-state index is 13.4. The fourth-order valence-corrected chi connectivity index (χ4v) is 2.51. The van der Waals surface area contributed by atoms with E-state index in [0.717, 1.165) is 0 Å². The van der Waals surface area contributed by atoms with E-state index in [1.165, 1.54) is 0 Å². The molecule has 2 aromatic heterocycles. The second-order valence-electron chi connectivity index (χ2n) is 5.72. The van der Waals surface area contributed by atoms with E-state index in [1.54, 1.807) is 4.98 Å². The zero-order chi connectivity index (χ0) is 21.1. The van der Waals surface area contributed by atoms with Crippen LogP contribution < -0.4 is 5.76 Å². The highest BCUT2D eigenvalue weighted by atomic mass is 19.4. The van der Waals surface area contributed by atoms with E-state index in [1.807, 2.05) is 0 Å². The average molecular weight is 413 g/mol. The van der Waals surface area contributed by atoms with Crippen LogP contribution in [0.1, 0.15) is 23.9 Å². The molecule has 150 valence electrons. The molecule has 0 atom stereocenters. The summed E-state index contributed by atoms with van der Waals surface area (Å²) in [5.74, 6) is -5.28. The molecule has 0 aliphatic rings. The molecule has 1 N–H and O–H groups in total. The van der Waals surface area contributed by atoms with Gasteiger partial charge in [-0.3, -0.25) is 9.97 Å². The Hall–Kier alpha value is -2.99. The third-order valence-corrected chi connectivity index (χ3v) is 3.62. The van der Waals surface area contributed by atoms with Crippen LogP contribution in [0.15, 0.2) is 27.5 Å². The molecule has 13 heteroatoms. The summed E-state index contributed by atoms with van der Waals surface area (Å²) in [6, 6.07) is 1.19. The van der Waals surface area contributed by atoms with E-state index >= 15 is 0 Å². The van der Waals surface area contributed by atoms with Crippen molar-refractivity contribution in [2.75, 3.05) is 0 Å². The molecule has 1 aromatic carbocycles. The topological polar surface area (TPSA) is 71.8 Å². The van der Waals surface area contributed by atoms with Crippen molar-refractivity contribution in [3.8, 4) is 11.3 Å². The van der Waals surface area contributed by atoms with Crippen molar-refractivity contribution in [1.82, 2.24) is 15.0 Å². The van der Waals surface area contributed by atoms with E-state index in [2.05, 4.69) is 14.4 Å². The minimum absolute atomic E-state index is 0.188. The minimum atomic E-state index is -5.32. The fourth-order valence-electron chi connectivity index (χ4n) is 2.51. The van der Waals surface area contributed by atoms with Gasteiger partial charge in [0.25, 0.3) is 5.92 Å². The molecule has 0 saturated heterocycles. The Morgan fingerprint density at radius 2 is 1.61 bits per heavy atom. The second-order valence-corrected chi connectivity index (χ2v) is 5.72. The first-order chi connectivity index (χ1) is 12.7. The summed E-state index contributed by atoms with van der Waals surface area (Å²) in [6.07, 6.45) is -9.70. The van der Waals surface area contributed by atoms with Gasteiger partial charge in [0.2, 0.25) is 0 Å². The summed E-state index contributed by atoms with van der Waals surface area (Å²) in [4.78, 5) is 19.4. The number of hydrogen-bond donors (Lipinski definition) is 1. The first-order valence-corrected chi connectivity index (χ1v) is 7.25. The summed E-state index contributed by atoms with van der Waals surface area (Å²) in [5, 5.41) is 0. The molecule has 0 amide bonds. The van der Waals surface area contributed by atoms with Crippen LogP contribution in [-0.2, 0) is 18.3 Å². The molecule has 0 unspecified atom stereocenters. The fraction of sp³-hybridized carbons (Fsp3) is 0.267. The third kappa shape index (κ3) is 3.43. The normalized spacial score (nSPS) is 13.3. The molecule has 0 fully saturated rings. The Kier molecular flexibility index (Phi) is 4.24. The highest BCUT2D eigenvalue weighted by molar-refractivity contribution is 5.91. The molecule has 0 saturated carbocycles. The van der Waals surface area contributed by atoms with Crippen molar-refractivity contribution in [3.05, 3.63) is 45.8 Å². The number of oxazole rings is 1. The molecule has 0 aliphatic carbocycles. The van der Waals surface area contributed by atoms with E-state index in [0.29, 0.717) is 18.3 Å². The van der Waals surface area contributed by atoms with Crippen molar-refractivity contribution in [2.45, 2.75) is 25.2 Å². The number of rotatable bonds is 2. The lowest BCUT2D eigenvalue weighted by Gasteiger charge is -2.17. The number of hydrogen-bond acceptors (Lipinski definition) is 4. The number of aromatic nitrogens is 3. The lowest BCUT2D eigenvalue weighted by Crippen LogP contribution is -2.21. The second kappa shape index (κ2) is 6.01. The Morgan fingerprint density at radius 3 is 2.14 bits per heavy atom. The highest BCUT2D eigenvalue weighted by Crippen LogP contribution is 2.40. The summed E-state index contributed by atoms with van der Waals surface area (Å²) in [6.45, 7) is 0.188. The molecule has 0 radical (unpaired) electrons. The van der Waals surface area contributed by atoms with E-state index < -0.39 is 63.3 Å². The van der Waals surface area contributed by atoms with Gasteiger partial charge in [-0.25, -0.2) is 9.78 Å². The number of nitrogens with one attached hydrogen (secondary N) is 1. The van der Waals surface area contributed by atoms with Crippen LogP contribution in [0.25, 0.3) is 22.4 Å². The summed E-state index contributed by atoms with van der Waals surface area (Å²) >= 11 is 0. The number of halogens is 8. The quantitative estimate of drug-likeness (QED) is 0.617. The number of benzene rings is 1. The zero-order valence-electron chi connectivity index (χ0n) is 13.5. The maximum Gasteiger partial charge on any atom is 0.435 e. The molecule has 0 aliphatic heterocycles. The lowest BCUT2D eigenvalue weighted by molar-refractivity contribution is -0.145. The van der Waals surface area contributed by atoms with E-state index in [4.69, 9.17) is 0 Å². The van der Waals surface area contributed by atoms with Crippen LogP contribution in [0.3, 0.4) is 0 Å². The Bertz CT molecular complexity index is 1110. The Labute approximate surface area is 149 Å². The van der Waals surface area contributed by atoms with Crippen molar-refractivity contribution in [3.63, 3.8) is 0 Å². The van der Waals surface area contributed by atoms with Crippen molar-refractivity contribution >= 4 is 11.1 Å². The van der Waals surface area contributed by atoms with Gasteiger partial charge in [0.1, 0.15) is 11.2 Å². The van der Waals surface area contributed by atoms with Gasteiger partial charge in [-0.15, -0.1) is 0 Å². The van der Waals surface area contributed by atoms with Crippen molar-refractivity contribution in [2.24, 2.45) is 0 Å². The van der Waals surface area contributed by atoms with Crippen LogP contribution >= 0.6 is 0 Å². The molecule has 3 rings (SSSR count). The van der Waals surface area contributed by atoms with Gasteiger partial charge >= 0.3 is 18.1 Å². The van der Waals surface area contributed by atoms with Gasteiger partial charge in [-0.1, -0.05) is 0 Å². The molecule has 0 spiro atoms. The molecular formula is C15H7F8N3O2. The first-order valence-electron chi connectivity index (χ1n) is 7.25. The van der Waals surface area contributed by atoms with Crippen LogP contribution in [0, 0.1) is 0 Å². The third-order valence-electron chi connectivity index (χ3n) is 3.62. The first kappa shape index (κ1) is 19.8. The number of fused-ring (bicyclic) bond motifs is 1. The van der Waals surface area contributed by atoms with E-state index in [-0.39, 0.29) is 6.92 Å². The molecular weight excluding hydrogens is 406 g/mol. The van der Waals surface area contributed by atoms with Gasteiger partial charge in [0.15, 0.2) is 11.3 Å². The van der Waals surface area contributed by atoms with Crippen LogP contribution in [0.2, 0.25) is 0 Å². The Morgan fingerprint density at radius 1 is 0.964 bits per heavy atom. The smallest absolute Gasteiger partial charge is 0.407 e. The molecule has 28 heavy (non-hydrogen) atoms. The summed E-state index contributed by atoms with van der Waals surface area (Å²) in [5.41, 5.74) is -7.70. The summed E-state index contributed by atoms with van der Waals surface area (Å²) in [7, 11) is 0. The predicted molar refractivity (Wildman–Crippen MR) is 77.4 cm³/mol. The van der Waals surface area contributed by atoms with Crippen LogP contribution in [0.5, 0.6) is 0 Å². The molecule has 3 aromatic rings. The summed E-state index contributed by atoms with van der Waals surface area (Å²) < 4.78 is 110. The van der Waals surface area contributed by atoms with Gasteiger partial charge in [-0.2, -0.15) is 35.1 Å². The lowest BCUT2D eigenvalue weighted by atomic mass is 10.1. The van der Waals surface area contributed by atoms with Gasteiger partial charge < -0.3 is 4.42 Å². The van der Waals surface area contributed by atoms with Gasteiger partial charge in [0.05, 0.1) is 17.5 Å². The molecule has 5 nitrogen and oxygen atoms in total. The number of aromatic amines is 1. The largest absolute Gasteiger partial charge is 0.435 e. The number of nitrogens with zero attached hydrogens (tertiary/aromatic N) is 2. The molecule has 2 heterocycles. The number of H-pyrrole nitrogens is 1. The zero-order valence-corrected chi connectivity index (χ0v) is 13.5. The van der Waals surface area contributed by atoms with Crippen LogP contribution in [0.4, 0.5) is 35.1 Å². The number of alkyl halides is 8. The average Bonchev–Trinajstić information content (AvgIpc) is 2.91. The Balaban J connectivity index is 2.31. The maximum absolute atomic E-state index is 13.4. The minimum Gasteiger partial charge on any atom is -0.407 e. The van der Waals surface area contributed by atoms with E-state index in [9.17, 15) is 39.9 Å². The molecule has 0 bridgehead atoms. The monoisotopic (exact) mass is 413 g/mol. The van der Waals surface area contributed by atoms with Crippen LogP contribution in [-0.4, -0.2) is 15.0 Å². The van der Waals surface area contributed by atoms with Gasteiger partial charge in [-0.05, 0) is 12.1 Å². The highest BCUT2D eigenvalue weighted by Gasteiger charge is 2.44. The SMILES string of the molecule is CC(F)(F)c1ncc(-c2ccc(C(F)(F)F)c3[nH]c(=O)oc23)nc1C(F)(F)F.